The lowest BCUT2D eigenvalue weighted by Crippen LogP contribution is -2.41. The number of hydrogen-bond acceptors (Lipinski definition) is 1. The Morgan fingerprint density at radius 2 is 2.00 bits per heavy atom. The van der Waals surface area contributed by atoms with E-state index in [0.717, 1.165) is 11.8 Å². The third-order valence-electron chi connectivity index (χ3n) is 4.71. The summed E-state index contributed by atoms with van der Waals surface area (Å²) in [6.07, 6.45) is 4.11. The van der Waals surface area contributed by atoms with Crippen molar-refractivity contribution in [3.8, 4) is 0 Å². The highest BCUT2D eigenvalue weighted by molar-refractivity contribution is 5.24. The number of benzene rings is 1. The molecule has 1 nitrogen and oxygen atoms in total. The first-order valence-corrected chi connectivity index (χ1v) is 7.40. The maximum Gasteiger partial charge on any atom is 0.0294 e. The van der Waals surface area contributed by atoms with Gasteiger partial charge >= 0.3 is 0 Å². The van der Waals surface area contributed by atoms with Crippen molar-refractivity contribution in [3.05, 3.63) is 35.4 Å². The Hall–Kier alpha value is -0.820. The molecule has 1 N–H and O–H groups in total. The Kier molecular flexibility index (Phi) is 4.45. The van der Waals surface area contributed by atoms with E-state index in [1.165, 1.54) is 30.4 Å². The maximum absolute atomic E-state index is 3.84. The van der Waals surface area contributed by atoms with Crippen molar-refractivity contribution in [2.45, 2.75) is 59.0 Å². The average molecular weight is 245 g/mol. The van der Waals surface area contributed by atoms with Crippen molar-refractivity contribution >= 4 is 0 Å². The minimum absolute atomic E-state index is 0.461. The molecule has 1 saturated carbocycles. The van der Waals surface area contributed by atoms with E-state index >= 15 is 0 Å². The van der Waals surface area contributed by atoms with Crippen molar-refractivity contribution in [3.63, 3.8) is 0 Å². The number of nitrogens with one attached hydrogen (secondary N) is 1. The van der Waals surface area contributed by atoms with Crippen LogP contribution in [0.2, 0.25) is 0 Å². The van der Waals surface area contributed by atoms with Gasteiger partial charge in [0.25, 0.3) is 0 Å². The predicted octanol–water partition coefficient (Wildman–Crippen LogP) is 4.47. The van der Waals surface area contributed by atoms with Gasteiger partial charge in [-0.2, -0.15) is 0 Å². The van der Waals surface area contributed by atoms with Gasteiger partial charge in [0.2, 0.25) is 0 Å². The molecule has 2 rings (SSSR count). The first-order valence-electron chi connectivity index (χ1n) is 7.40. The summed E-state index contributed by atoms with van der Waals surface area (Å²) >= 11 is 0. The second-order valence-corrected chi connectivity index (χ2v) is 6.18. The topological polar surface area (TPSA) is 12.0 Å². The summed E-state index contributed by atoms with van der Waals surface area (Å²) in [5, 5.41) is 3.84. The normalized spacial score (nSPS) is 30.1. The van der Waals surface area contributed by atoms with Crippen LogP contribution >= 0.6 is 0 Å². The molecule has 4 unspecified atom stereocenters. The largest absolute Gasteiger partial charge is 0.307 e. The molecule has 1 heteroatoms. The molecule has 0 saturated heterocycles. The summed E-state index contributed by atoms with van der Waals surface area (Å²) in [4.78, 5) is 0. The van der Waals surface area contributed by atoms with Crippen LogP contribution < -0.4 is 5.32 Å². The van der Waals surface area contributed by atoms with Crippen molar-refractivity contribution < 1.29 is 0 Å². The Balaban J connectivity index is 2.00. The van der Waals surface area contributed by atoms with Gasteiger partial charge in [-0.05, 0) is 37.7 Å². The van der Waals surface area contributed by atoms with E-state index in [2.05, 4.69) is 57.3 Å². The van der Waals surface area contributed by atoms with Crippen LogP contribution in [0.25, 0.3) is 0 Å². The molecule has 0 spiro atoms. The molecule has 0 amide bonds. The SMILES string of the molecule is Cc1cccc(C(C)NC2CCCC(C)C2C)c1. The van der Waals surface area contributed by atoms with Gasteiger partial charge < -0.3 is 5.32 Å². The molecule has 0 aromatic heterocycles. The third kappa shape index (κ3) is 3.14. The zero-order valence-electron chi connectivity index (χ0n) is 12.2. The first-order chi connectivity index (χ1) is 8.58. The molecule has 1 aliphatic rings. The third-order valence-corrected chi connectivity index (χ3v) is 4.71. The van der Waals surface area contributed by atoms with Crippen molar-refractivity contribution in [2.24, 2.45) is 11.8 Å². The maximum atomic E-state index is 3.84. The van der Waals surface area contributed by atoms with E-state index < -0.39 is 0 Å². The summed E-state index contributed by atoms with van der Waals surface area (Å²) < 4.78 is 0. The van der Waals surface area contributed by atoms with Gasteiger partial charge in [0, 0.05) is 12.1 Å². The van der Waals surface area contributed by atoms with Gasteiger partial charge in [0.05, 0.1) is 0 Å². The number of aryl methyl sites for hydroxylation is 1. The van der Waals surface area contributed by atoms with Crippen LogP contribution in [0.1, 0.15) is 57.2 Å². The molecule has 100 valence electrons. The van der Waals surface area contributed by atoms with Crippen LogP contribution in [0.5, 0.6) is 0 Å². The molecule has 1 aromatic carbocycles. The smallest absolute Gasteiger partial charge is 0.0294 e. The van der Waals surface area contributed by atoms with E-state index in [1.54, 1.807) is 0 Å². The monoisotopic (exact) mass is 245 g/mol. The predicted molar refractivity (Wildman–Crippen MR) is 78.7 cm³/mol. The minimum atomic E-state index is 0.461. The number of hydrogen-bond donors (Lipinski definition) is 1. The summed E-state index contributed by atoms with van der Waals surface area (Å²) in [5.74, 6) is 1.66. The molecular formula is C17H27N. The summed E-state index contributed by atoms with van der Waals surface area (Å²) in [6.45, 7) is 9.27. The lowest BCUT2D eigenvalue weighted by molar-refractivity contribution is 0.196. The van der Waals surface area contributed by atoms with Crippen LogP contribution in [-0.4, -0.2) is 6.04 Å². The molecule has 4 atom stereocenters. The highest BCUT2D eigenvalue weighted by Crippen LogP contribution is 2.31. The quantitative estimate of drug-likeness (QED) is 0.828. The molecule has 18 heavy (non-hydrogen) atoms. The molecule has 0 aliphatic heterocycles. The minimum Gasteiger partial charge on any atom is -0.307 e. The van der Waals surface area contributed by atoms with Gasteiger partial charge in [-0.3, -0.25) is 0 Å². The zero-order valence-corrected chi connectivity index (χ0v) is 12.2. The van der Waals surface area contributed by atoms with E-state index in [4.69, 9.17) is 0 Å². The standard InChI is InChI=1S/C17H27N/c1-12-7-5-9-16(11-12)15(4)18-17-10-6-8-13(2)14(17)3/h5,7,9,11,13-15,17-18H,6,8,10H2,1-4H3. The molecule has 0 heterocycles. The van der Waals surface area contributed by atoms with E-state index in [1.807, 2.05) is 0 Å². The van der Waals surface area contributed by atoms with Crippen LogP contribution in [0.3, 0.4) is 0 Å². The highest BCUT2D eigenvalue weighted by Gasteiger charge is 2.27. The van der Waals surface area contributed by atoms with Crippen LogP contribution in [0.15, 0.2) is 24.3 Å². The second kappa shape index (κ2) is 5.88. The molecule has 1 aliphatic carbocycles. The Labute approximate surface area is 112 Å². The molecule has 1 aromatic rings. The van der Waals surface area contributed by atoms with Gasteiger partial charge in [-0.25, -0.2) is 0 Å². The fourth-order valence-corrected chi connectivity index (χ4v) is 3.17. The summed E-state index contributed by atoms with van der Waals surface area (Å²) in [6, 6.07) is 10.0. The lowest BCUT2D eigenvalue weighted by Gasteiger charge is -2.36. The number of rotatable bonds is 3. The fourth-order valence-electron chi connectivity index (χ4n) is 3.17. The lowest BCUT2D eigenvalue weighted by atomic mass is 9.77. The fraction of sp³-hybridized carbons (Fsp3) is 0.647. The van der Waals surface area contributed by atoms with Gasteiger partial charge in [-0.1, -0.05) is 56.5 Å². The van der Waals surface area contributed by atoms with Crippen LogP contribution in [0.4, 0.5) is 0 Å². The van der Waals surface area contributed by atoms with Crippen molar-refractivity contribution in [1.29, 1.82) is 0 Å². The Morgan fingerprint density at radius 1 is 1.22 bits per heavy atom. The second-order valence-electron chi connectivity index (χ2n) is 6.18. The van der Waals surface area contributed by atoms with Crippen LogP contribution in [-0.2, 0) is 0 Å². The van der Waals surface area contributed by atoms with Crippen LogP contribution in [0, 0.1) is 18.8 Å². The van der Waals surface area contributed by atoms with Gasteiger partial charge in [0.15, 0.2) is 0 Å². The molecular weight excluding hydrogens is 218 g/mol. The molecule has 1 fully saturated rings. The zero-order chi connectivity index (χ0) is 13.1. The van der Waals surface area contributed by atoms with Gasteiger partial charge in [0.1, 0.15) is 0 Å². The average Bonchev–Trinajstić information content (AvgIpc) is 2.35. The molecule has 0 bridgehead atoms. The summed E-state index contributed by atoms with van der Waals surface area (Å²) in [5.41, 5.74) is 2.77. The Bertz CT molecular complexity index is 385. The van der Waals surface area contributed by atoms with E-state index in [0.29, 0.717) is 12.1 Å². The highest BCUT2D eigenvalue weighted by atomic mass is 15.0. The Morgan fingerprint density at radius 3 is 2.72 bits per heavy atom. The van der Waals surface area contributed by atoms with Gasteiger partial charge in [-0.15, -0.1) is 0 Å². The van der Waals surface area contributed by atoms with E-state index in [-0.39, 0.29) is 0 Å². The summed E-state index contributed by atoms with van der Waals surface area (Å²) in [7, 11) is 0. The first kappa shape index (κ1) is 13.6. The van der Waals surface area contributed by atoms with E-state index in [9.17, 15) is 0 Å². The van der Waals surface area contributed by atoms with Crippen molar-refractivity contribution in [2.75, 3.05) is 0 Å². The van der Waals surface area contributed by atoms with Crippen molar-refractivity contribution in [1.82, 2.24) is 5.32 Å². The molecule has 0 radical (unpaired) electrons.